The van der Waals surface area contributed by atoms with Crippen molar-refractivity contribution in [2.75, 3.05) is 11.1 Å². The lowest BCUT2D eigenvalue weighted by atomic mass is 9.97. The largest absolute Gasteiger partial charge is 0.490 e. The highest BCUT2D eigenvalue weighted by Crippen LogP contribution is 2.37. The van der Waals surface area contributed by atoms with Crippen LogP contribution < -0.4 is 10.1 Å². The minimum absolute atomic E-state index is 0.149. The second-order valence-corrected chi connectivity index (χ2v) is 11.9. The number of hydrogen-bond acceptors (Lipinski definition) is 7. The number of nitrogens with zero attached hydrogens (tertiary/aromatic N) is 4. The molecule has 0 bridgehead atoms. The molecule has 2 aliphatic rings. The summed E-state index contributed by atoms with van der Waals surface area (Å²) in [5, 5.41) is 22.9. The van der Waals surface area contributed by atoms with Gasteiger partial charge in [0.2, 0.25) is 5.91 Å². The smallest absolute Gasteiger partial charge is 0.235 e. The number of aromatic nitrogens is 3. The Kier molecular flexibility index (Phi) is 8.82. The lowest BCUT2D eigenvalue weighted by Crippen LogP contribution is -2.14. The molecule has 198 valence electrons. The fourth-order valence-electron chi connectivity index (χ4n) is 5.20. The Morgan fingerprint density at radius 3 is 2.66 bits per heavy atom. The Balaban J connectivity index is 1.25. The summed E-state index contributed by atoms with van der Waals surface area (Å²) >= 11 is 2.90. The number of fused-ring (bicyclic) bond motifs is 1. The summed E-state index contributed by atoms with van der Waals surface area (Å²) in [6.45, 7) is 4.41. The number of nitrogens with one attached hydrogen (secondary N) is 1. The molecule has 2 aromatic heterocycles. The first kappa shape index (κ1) is 26.5. The summed E-state index contributed by atoms with van der Waals surface area (Å²) < 4.78 is 8.06. The van der Waals surface area contributed by atoms with E-state index in [0.29, 0.717) is 28.4 Å². The quantitative estimate of drug-likeness (QED) is 0.235. The molecule has 0 saturated heterocycles. The number of ether oxygens (including phenoxy) is 1. The van der Waals surface area contributed by atoms with E-state index in [1.54, 1.807) is 17.4 Å². The molecule has 1 saturated carbocycles. The Bertz CT molecular complexity index is 1320. The summed E-state index contributed by atoms with van der Waals surface area (Å²) in [6.07, 6.45) is 13.4. The van der Waals surface area contributed by atoms with Crippen LogP contribution in [0, 0.1) is 11.3 Å². The summed E-state index contributed by atoms with van der Waals surface area (Å²) in [7, 11) is 0. The molecule has 1 amide bonds. The van der Waals surface area contributed by atoms with Crippen molar-refractivity contribution in [2.45, 2.75) is 82.0 Å². The van der Waals surface area contributed by atoms with Crippen LogP contribution in [0.3, 0.4) is 0 Å². The Morgan fingerprint density at radius 2 is 1.92 bits per heavy atom. The van der Waals surface area contributed by atoms with Crippen LogP contribution in [0.25, 0.3) is 11.4 Å². The number of aryl methyl sites for hydroxylation is 1. The highest BCUT2D eigenvalue weighted by Gasteiger charge is 2.22. The minimum atomic E-state index is -0.149. The van der Waals surface area contributed by atoms with E-state index in [0.717, 1.165) is 61.2 Å². The average Bonchev–Trinajstić information content (AvgIpc) is 3.63. The predicted octanol–water partition coefficient (Wildman–Crippen LogP) is 6.78. The van der Waals surface area contributed by atoms with E-state index in [2.05, 4.69) is 28.2 Å². The van der Waals surface area contributed by atoms with Crippen molar-refractivity contribution in [3.05, 3.63) is 52.9 Å². The van der Waals surface area contributed by atoms with E-state index in [9.17, 15) is 10.1 Å². The van der Waals surface area contributed by atoms with Gasteiger partial charge in [0, 0.05) is 17.0 Å². The lowest BCUT2D eigenvalue weighted by molar-refractivity contribution is -0.113. The molecule has 0 atom stereocenters. The first-order valence-corrected chi connectivity index (χ1v) is 15.2. The second kappa shape index (κ2) is 12.6. The number of anilines is 1. The van der Waals surface area contributed by atoms with E-state index >= 15 is 0 Å². The summed E-state index contributed by atoms with van der Waals surface area (Å²) in [6, 6.07) is 10.3. The molecule has 38 heavy (non-hydrogen) atoms. The number of hydrogen-bond donors (Lipinski definition) is 1. The van der Waals surface area contributed by atoms with Gasteiger partial charge in [-0.05, 0) is 81.2 Å². The zero-order valence-corrected chi connectivity index (χ0v) is 23.2. The number of benzene rings is 1. The van der Waals surface area contributed by atoms with Gasteiger partial charge in [-0.15, -0.1) is 28.1 Å². The van der Waals surface area contributed by atoms with Gasteiger partial charge in [-0.1, -0.05) is 30.7 Å². The molecule has 2 aliphatic carbocycles. The van der Waals surface area contributed by atoms with E-state index in [4.69, 9.17) is 4.74 Å². The Hall–Kier alpha value is -3.09. The standard InChI is InChI=1S/C29H33N5O2S2/c1-2-17-34-27(20-13-15-22(16-14-20)36-21-9-7-8-10-21)32-33-29(34)37-19-26(35)31-28-24(18-30)23-11-5-3-4-6-12-25(23)38-28/h2,13-16,21H,1,3-12,17,19H2,(H,31,35). The van der Waals surface area contributed by atoms with Crippen LogP contribution in [-0.2, 0) is 24.2 Å². The van der Waals surface area contributed by atoms with Crippen molar-refractivity contribution in [1.29, 1.82) is 5.26 Å². The highest BCUT2D eigenvalue weighted by molar-refractivity contribution is 7.99. The summed E-state index contributed by atoms with van der Waals surface area (Å²) in [5.41, 5.74) is 2.71. The third-order valence-corrected chi connectivity index (χ3v) is 9.29. The van der Waals surface area contributed by atoms with Crippen molar-refractivity contribution in [3.63, 3.8) is 0 Å². The number of carbonyl (C=O) groups excluding carboxylic acids is 1. The van der Waals surface area contributed by atoms with E-state index in [-0.39, 0.29) is 11.7 Å². The molecule has 0 unspecified atom stereocenters. The molecule has 2 heterocycles. The van der Waals surface area contributed by atoms with Gasteiger partial charge in [-0.2, -0.15) is 5.26 Å². The maximum atomic E-state index is 12.9. The first-order valence-electron chi connectivity index (χ1n) is 13.4. The van der Waals surface area contributed by atoms with E-state index in [1.807, 2.05) is 28.8 Å². The van der Waals surface area contributed by atoms with Crippen LogP contribution in [0.2, 0.25) is 0 Å². The molecular weight excluding hydrogens is 514 g/mol. The number of thiophene rings is 1. The van der Waals surface area contributed by atoms with Gasteiger partial charge in [0.15, 0.2) is 11.0 Å². The zero-order valence-electron chi connectivity index (χ0n) is 21.6. The maximum absolute atomic E-state index is 12.9. The zero-order chi connectivity index (χ0) is 26.3. The van der Waals surface area contributed by atoms with Gasteiger partial charge < -0.3 is 10.1 Å². The fourth-order valence-corrected chi connectivity index (χ4v) is 7.21. The molecule has 3 aromatic rings. The molecule has 1 aromatic carbocycles. The highest BCUT2D eigenvalue weighted by atomic mass is 32.2. The van der Waals surface area contributed by atoms with Crippen molar-refractivity contribution in [1.82, 2.24) is 14.8 Å². The molecular formula is C29H33N5O2S2. The molecule has 1 N–H and O–H groups in total. The summed E-state index contributed by atoms with van der Waals surface area (Å²) in [5.74, 6) is 1.63. The van der Waals surface area contributed by atoms with E-state index in [1.165, 1.54) is 42.3 Å². The van der Waals surface area contributed by atoms with Crippen molar-refractivity contribution in [2.24, 2.45) is 0 Å². The van der Waals surface area contributed by atoms with Gasteiger partial charge in [0.1, 0.15) is 16.8 Å². The number of allylic oxidation sites excluding steroid dienone is 1. The van der Waals surface area contributed by atoms with Gasteiger partial charge in [-0.25, -0.2) is 0 Å². The van der Waals surface area contributed by atoms with Crippen molar-refractivity contribution >= 4 is 34.0 Å². The van der Waals surface area contributed by atoms with E-state index < -0.39 is 0 Å². The first-order chi connectivity index (χ1) is 18.7. The SMILES string of the molecule is C=CCn1c(SCC(=O)Nc2sc3c(c2C#N)CCCCCC3)nnc1-c1ccc(OC2CCCC2)cc1. The van der Waals surface area contributed by atoms with Gasteiger partial charge in [-0.3, -0.25) is 9.36 Å². The number of rotatable bonds is 9. The third-order valence-electron chi connectivity index (χ3n) is 7.11. The lowest BCUT2D eigenvalue weighted by Gasteiger charge is -2.13. The van der Waals surface area contributed by atoms with Gasteiger partial charge in [0.05, 0.1) is 17.4 Å². The van der Waals surface area contributed by atoms with Crippen LogP contribution in [0.5, 0.6) is 5.75 Å². The van der Waals surface area contributed by atoms with Gasteiger partial charge in [0.25, 0.3) is 0 Å². The minimum Gasteiger partial charge on any atom is -0.490 e. The van der Waals surface area contributed by atoms with Crippen LogP contribution in [-0.4, -0.2) is 32.5 Å². The molecule has 5 rings (SSSR count). The average molecular weight is 548 g/mol. The van der Waals surface area contributed by atoms with Crippen LogP contribution in [0.4, 0.5) is 5.00 Å². The predicted molar refractivity (Wildman–Crippen MR) is 153 cm³/mol. The third kappa shape index (κ3) is 6.13. The monoisotopic (exact) mass is 547 g/mol. The second-order valence-electron chi connectivity index (χ2n) is 9.82. The van der Waals surface area contributed by atoms with Crippen molar-refractivity contribution in [3.8, 4) is 23.2 Å². The molecule has 7 nitrogen and oxygen atoms in total. The fraction of sp³-hybridized carbons (Fsp3) is 0.448. The molecule has 9 heteroatoms. The van der Waals surface area contributed by atoms with Crippen LogP contribution >= 0.6 is 23.1 Å². The Morgan fingerprint density at radius 1 is 1.16 bits per heavy atom. The number of carbonyl (C=O) groups is 1. The number of nitriles is 1. The molecule has 1 fully saturated rings. The maximum Gasteiger partial charge on any atom is 0.235 e. The van der Waals surface area contributed by atoms with Crippen LogP contribution in [0.15, 0.2) is 42.1 Å². The Labute approximate surface area is 232 Å². The van der Waals surface area contributed by atoms with Gasteiger partial charge >= 0.3 is 0 Å². The molecule has 0 aliphatic heterocycles. The normalized spacial score (nSPS) is 15.8. The number of thioether (sulfide) groups is 1. The van der Waals surface area contributed by atoms with Crippen molar-refractivity contribution < 1.29 is 9.53 Å². The number of amides is 1. The molecule has 0 radical (unpaired) electrons. The summed E-state index contributed by atoms with van der Waals surface area (Å²) in [4.78, 5) is 14.2. The molecule has 0 spiro atoms. The van der Waals surface area contributed by atoms with Crippen LogP contribution in [0.1, 0.15) is 67.4 Å². The topological polar surface area (TPSA) is 92.8 Å².